The summed E-state index contributed by atoms with van der Waals surface area (Å²) < 4.78 is 0. The third-order valence-corrected chi connectivity index (χ3v) is 3.26. The number of nitrogens with two attached hydrogens (primary N) is 1. The van der Waals surface area contributed by atoms with E-state index < -0.39 is 10.9 Å². The molecule has 0 spiro atoms. The first kappa shape index (κ1) is 17.2. The van der Waals surface area contributed by atoms with Crippen molar-refractivity contribution in [3.8, 4) is 0 Å². The number of carbonyl (C=O) groups is 1. The van der Waals surface area contributed by atoms with E-state index in [9.17, 15) is 14.9 Å². The summed E-state index contributed by atoms with van der Waals surface area (Å²) in [6.07, 6.45) is 2.65. The van der Waals surface area contributed by atoms with Crippen molar-refractivity contribution < 1.29 is 14.6 Å². The van der Waals surface area contributed by atoms with Crippen molar-refractivity contribution in [3.05, 3.63) is 80.9 Å². The van der Waals surface area contributed by atoms with E-state index in [0.29, 0.717) is 16.1 Å². The zero-order chi connectivity index (χ0) is 17.5. The Hall–Kier alpha value is -3.19. The summed E-state index contributed by atoms with van der Waals surface area (Å²) in [5.74, 6) is -0.816. The molecule has 0 radical (unpaired) electrons. The Bertz CT molecular complexity index is 816. The molecule has 2 rings (SSSR count). The highest BCUT2D eigenvalue weighted by atomic mass is 35.5. The number of carbonyl (C=O) groups excluding carboxylic acids is 1. The van der Waals surface area contributed by atoms with Gasteiger partial charge in [-0.25, -0.2) is 4.79 Å². The maximum atomic E-state index is 11.6. The molecule has 0 aliphatic carbocycles. The van der Waals surface area contributed by atoms with Gasteiger partial charge >= 0.3 is 5.97 Å². The molecular formula is C16H12ClN3O4. The predicted molar refractivity (Wildman–Crippen MR) is 90.4 cm³/mol. The van der Waals surface area contributed by atoms with Crippen LogP contribution in [0.15, 0.2) is 59.8 Å². The van der Waals surface area contributed by atoms with Gasteiger partial charge in [-0.05, 0) is 29.8 Å². The standard InChI is InChI=1S/C16H12ClN3O4/c17-14-4-2-1-3-11(14)7-10-15(21)24-19-16(18)12-5-8-13(9-6-12)20(22)23/h1-10H,(H2,18,19)/b10-7+. The molecule has 0 heterocycles. The van der Waals surface area contributed by atoms with Crippen molar-refractivity contribution in [2.45, 2.75) is 0 Å². The van der Waals surface area contributed by atoms with Crippen molar-refractivity contribution in [2.75, 3.05) is 0 Å². The molecular weight excluding hydrogens is 334 g/mol. The molecule has 7 nitrogen and oxygen atoms in total. The third kappa shape index (κ3) is 4.65. The van der Waals surface area contributed by atoms with Crippen molar-refractivity contribution in [3.63, 3.8) is 0 Å². The predicted octanol–water partition coefficient (Wildman–Crippen LogP) is 3.13. The van der Waals surface area contributed by atoms with Crippen molar-refractivity contribution in [1.82, 2.24) is 0 Å². The molecule has 24 heavy (non-hydrogen) atoms. The minimum Gasteiger partial charge on any atom is -0.380 e. The van der Waals surface area contributed by atoms with E-state index in [1.807, 2.05) is 0 Å². The summed E-state index contributed by atoms with van der Waals surface area (Å²) in [5.41, 5.74) is 6.63. The van der Waals surface area contributed by atoms with E-state index >= 15 is 0 Å². The minimum atomic E-state index is -0.736. The highest BCUT2D eigenvalue weighted by Gasteiger charge is 2.07. The van der Waals surface area contributed by atoms with E-state index in [4.69, 9.17) is 17.3 Å². The quantitative estimate of drug-likeness (QED) is 0.224. The van der Waals surface area contributed by atoms with E-state index in [1.54, 1.807) is 24.3 Å². The number of non-ortho nitro benzene ring substituents is 1. The Kier molecular flexibility index (Phi) is 5.64. The maximum absolute atomic E-state index is 11.6. The van der Waals surface area contributed by atoms with Crippen LogP contribution in [0.2, 0.25) is 5.02 Å². The highest BCUT2D eigenvalue weighted by Crippen LogP contribution is 2.16. The van der Waals surface area contributed by atoms with Crippen LogP contribution in [0.5, 0.6) is 0 Å². The average Bonchev–Trinajstić information content (AvgIpc) is 2.59. The van der Waals surface area contributed by atoms with Gasteiger partial charge in [-0.15, -0.1) is 0 Å². The lowest BCUT2D eigenvalue weighted by atomic mass is 10.2. The molecule has 0 fully saturated rings. The first-order valence-corrected chi connectivity index (χ1v) is 7.07. The van der Waals surface area contributed by atoms with Gasteiger partial charge in [0, 0.05) is 28.8 Å². The van der Waals surface area contributed by atoms with Gasteiger partial charge in [-0.2, -0.15) is 0 Å². The van der Waals surface area contributed by atoms with E-state index in [0.717, 1.165) is 6.08 Å². The molecule has 0 saturated heterocycles. The zero-order valence-corrected chi connectivity index (χ0v) is 13.0. The number of rotatable bonds is 5. The highest BCUT2D eigenvalue weighted by molar-refractivity contribution is 6.32. The van der Waals surface area contributed by atoms with Crippen LogP contribution >= 0.6 is 11.6 Å². The van der Waals surface area contributed by atoms with Crippen LogP contribution in [-0.2, 0) is 9.63 Å². The third-order valence-electron chi connectivity index (χ3n) is 2.91. The fourth-order valence-electron chi connectivity index (χ4n) is 1.70. The number of nitro groups is 1. The molecule has 0 aliphatic rings. The second-order valence-electron chi connectivity index (χ2n) is 4.55. The van der Waals surface area contributed by atoms with Gasteiger partial charge < -0.3 is 10.6 Å². The van der Waals surface area contributed by atoms with E-state index in [2.05, 4.69) is 9.99 Å². The minimum absolute atomic E-state index is 0.0776. The summed E-state index contributed by atoms with van der Waals surface area (Å²) in [6, 6.07) is 12.3. The first-order valence-electron chi connectivity index (χ1n) is 6.69. The number of hydrogen-bond acceptors (Lipinski definition) is 5. The van der Waals surface area contributed by atoms with E-state index in [1.165, 1.54) is 30.3 Å². The second kappa shape index (κ2) is 7.89. The summed E-state index contributed by atoms with van der Waals surface area (Å²) in [5, 5.41) is 14.6. The van der Waals surface area contributed by atoms with Crippen molar-refractivity contribution in [2.24, 2.45) is 10.9 Å². The molecule has 0 bridgehead atoms. The zero-order valence-electron chi connectivity index (χ0n) is 12.3. The fraction of sp³-hybridized carbons (Fsp3) is 0. The topological polar surface area (TPSA) is 108 Å². The lowest BCUT2D eigenvalue weighted by Crippen LogP contribution is -2.14. The molecule has 122 valence electrons. The monoisotopic (exact) mass is 345 g/mol. The molecule has 0 aromatic heterocycles. The van der Waals surface area contributed by atoms with Gasteiger partial charge in [-0.1, -0.05) is 35.0 Å². The number of benzene rings is 2. The molecule has 0 saturated carbocycles. The molecule has 0 aliphatic heterocycles. The van der Waals surface area contributed by atoms with Crippen LogP contribution in [0.1, 0.15) is 11.1 Å². The molecule has 0 unspecified atom stereocenters. The Morgan fingerprint density at radius 2 is 1.88 bits per heavy atom. The Morgan fingerprint density at radius 1 is 1.21 bits per heavy atom. The van der Waals surface area contributed by atoms with Crippen LogP contribution in [0.4, 0.5) is 5.69 Å². The van der Waals surface area contributed by atoms with Gasteiger partial charge in [0.2, 0.25) is 0 Å². The van der Waals surface area contributed by atoms with Gasteiger partial charge in [0.15, 0.2) is 5.84 Å². The number of nitro benzene ring substituents is 1. The van der Waals surface area contributed by atoms with Crippen LogP contribution in [0.25, 0.3) is 6.08 Å². The Labute approximate surface area is 142 Å². The van der Waals surface area contributed by atoms with Crippen LogP contribution < -0.4 is 5.73 Å². The van der Waals surface area contributed by atoms with E-state index in [-0.39, 0.29) is 11.5 Å². The number of hydrogen-bond donors (Lipinski definition) is 1. The molecule has 0 atom stereocenters. The largest absolute Gasteiger partial charge is 0.380 e. The average molecular weight is 346 g/mol. The Morgan fingerprint density at radius 3 is 2.50 bits per heavy atom. The molecule has 0 amide bonds. The second-order valence-corrected chi connectivity index (χ2v) is 4.95. The molecule has 8 heteroatoms. The van der Waals surface area contributed by atoms with Gasteiger partial charge in [0.1, 0.15) is 0 Å². The number of oxime groups is 1. The fourth-order valence-corrected chi connectivity index (χ4v) is 1.90. The van der Waals surface area contributed by atoms with Crippen molar-refractivity contribution in [1.29, 1.82) is 0 Å². The van der Waals surface area contributed by atoms with Crippen LogP contribution in [0, 0.1) is 10.1 Å². The number of halogens is 1. The smallest absolute Gasteiger partial charge is 0.358 e. The number of amidine groups is 1. The van der Waals surface area contributed by atoms with Gasteiger partial charge in [0.25, 0.3) is 5.69 Å². The lowest BCUT2D eigenvalue weighted by molar-refractivity contribution is -0.384. The van der Waals surface area contributed by atoms with Crippen molar-refractivity contribution >= 4 is 35.2 Å². The number of nitrogens with zero attached hydrogens (tertiary/aromatic N) is 2. The van der Waals surface area contributed by atoms with Crippen LogP contribution in [-0.4, -0.2) is 16.7 Å². The SMILES string of the molecule is N/C(=N\OC(=O)/C=C/c1ccccc1Cl)c1ccc([N+](=O)[O-])cc1. The lowest BCUT2D eigenvalue weighted by Gasteiger charge is -2.00. The molecule has 2 N–H and O–H groups in total. The normalized spacial score (nSPS) is 11.5. The summed E-state index contributed by atoms with van der Waals surface area (Å²) >= 11 is 5.95. The summed E-state index contributed by atoms with van der Waals surface area (Å²) in [4.78, 5) is 26.3. The summed E-state index contributed by atoms with van der Waals surface area (Å²) in [6.45, 7) is 0. The molecule has 2 aromatic rings. The first-order chi connectivity index (χ1) is 11.5. The maximum Gasteiger partial charge on any atom is 0.358 e. The van der Waals surface area contributed by atoms with Gasteiger partial charge in [0.05, 0.1) is 4.92 Å². The Balaban J connectivity index is 2.00. The molecule has 2 aromatic carbocycles. The summed E-state index contributed by atoms with van der Waals surface area (Å²) in [7, 11) is 0. The van der Waals surface area contributed by atoms with Crippen LogP contribution in [0.3, 0.4) is 0 Å². The van der Waals surface area contributed by atoms with Gasteiger partial charge in [-0.3, -0.25) is 10.1 Å².